The molecule has 2 aromatic heterocycles. The maximum atomic E-state index is 11.9. The van der Waals surface area contributed by atoms with E-state index in [4.69, 9.17) is 0 Å². The van der Waals surface area contributed by atoms with Gasteiger partial charge in [-0.15, -0.1) is 0 Å². The fourth-order valence-electron chi connectivity index (χ4n) is 3.42. The fraction of sp³-hybridized carbons (Fsp3) is 0.588. The molecule has 2 aromatic rings. The van der Waals surface area contributed by atoms with Gasteiger partial charge in [-0.2, -0.15) is 5.10 Å². The number of amides is 1. The normalized spacial score (nSPS) is 20.6. The average Bonchev–Trinajstić information content (AvgIpc) is 3.20. The van der Waals surface area contributed by atoms with Crippen LogP contribution in [0.1, 0.15) is 37.2 Å². The Labute approximate surface area is 148 Å². The van der Waals surface area contributed by atoms with Gasteiger partial charge in [0.1, 0.15) is 0 Å². The fourth-order valence-corrected chi connectivity index (χ4v) is 3.42. The van der Waals surface area contributed by atoms with Crippen molar-refractivity contribution in [3.63, 3.8) is 0 Å². The molecule has 8 heteroatoms. The summed E-state index contributed by atoms with van der Waals surface area (Å²) in [7, 11) is 5.99. The van der Waals surface area contributed by atoms with E-state index < -0.39 is 0 Å². The van der Waals surface area contributed by atoms with Crippen molar-refractivity contribution in [1.82, 2.24) is 30.0 Å². The molecule has 0 radical (unpaired) electrons. The zero-order valence-electron chi connectivity index (χ0n) is 15.4. The van der Waals surface area contributed by atoms with Gasteiger partial charge in [-0.1, -0.05) is 0 Å². The van der Waals surface area contributed by atoms with E-state index in [0.717, 1.165) is 30.3 Å². The summed E-state index contributed by atoms with van der Waals surface area (Å²) in [5.41, 5.74) is 2.16. The largest absolute Gasteiger partial charge is 0.348 e. The number of nitrogens with zero attached hydrogens (tertiary/aromatic N) is 5. The number of piperidine rings is 1. The topological polar surface area (TPSA) is 80.0 Å². The molecular formula is C17H27N7O. The van der Waals surface area contributed by atoms with Crippen LogP contribution in [-0.2, 0) is 24.9 Å². The second-order valence-corrected chi connectivity index (χ2v) is 6.65. The Kier molecular flexibility index (Phi) is 5.08. The molecule has 1 saturated heterocycles. The number of imidazole rings is 1. The highest BCUT2D eigenvalue weighted by atomic mass is 16.1. The average molecular weight is 345 g/mol. The summed E-state index contributed by atoms with van der Waals surface area (Å²) in [6.45, 7) is 3.55. The first-order valence-corrected chi connectivity index (χ1v) is 8.73. The smallest absolute Gasteiger partial charge is 0.220 e. The number of rotatable bonds is 6. The van der Waals surface area contributed by atoms with Crippen molar-refractivity contribution >= 4 is 11.9 Å². The Bertz CT molecular complexity index is 733. The SMILES string of the molecule is CCn1nccc1C1NC(=O)CCC1NCc1cnc(N(C)C)n1C. The summed E-state index contributed by atoms with van der Waals surface area (Å²) < 4.78 is 4.03. The molecule has 0 aromatic carbocycles. The maximum absolute atomic E-state index is 11.9. The van der Waals surface area contributed by atoms with Crippen molar-refractivity contribution in [2.75, 3.05) is 19.0 Å². The molecule has 136 valence electrons. The Hall–Kier alpha value is -2.35. The van der Waals surface area contributed by atoms with E-state index in [1.165, 1.54) is 0 Å². The van der Waals surface area contributed by atoms with Crippen LogP contribution in [0.5, 0.6) is 0 Å². The summed E-state index contributed by atoms with van der Waals surface area (Å²) in [6, 6.07) is 2.09. The number of hydrogen-bond acceptors (Lipinski definition) is 5. The lowest BCUT2D eigenvalue weighted by Gasteiger charge is -2.33. The minimum atomic E-state index is -0.0646. The van der Waals surface area contributed by atoms with Crippen molar-refractivity contribution < 1.29 is 4.79 Å². The lowest BCUT2D eigenvalue weighted by molar-refractivity contribution is -0.124. The van der Waals surface area contributed by atoms with E-state index >= 15 is 0 Å². The van der Waals surface area contributed by atoms with E-state index in [1.807, 2.05) is 43.0 Å². The number of carbonyl (C=O) groups excluding carboxylic acids is 1. The minimum Gasteiger partial charge on any atom is -0.348 e. The lowest BCUT2D eigenvalue weighted by Crippen LogP contribution is -2.49. The standard InChI is InChI=1S/C17H27N7O/c1-5-24-14(8-9-20-24)16-13(6-7-15(25)21-16)18-10-12-11-19-17(22(2)3)23(12)4/h8-9,11,13,16,18H,5-7,10H2,1-4H3,(H,21,25). The second kappa shape index (κ2) is 7.26. The molecule has 0 saturated carbocycles. The van der Waals surface area contributed by atoms with Gasteiger partial charge in [0.25, 0.3) is 0 Å². The first-order chi connectivity index (χ1) is 12.0. The molecule has 2 N–H and O–H groups in total. The van der Waals surface area contributed by atoms with Gasteiger partial charge in [0.05, 0.1) is 23.6 Å². The third-order valence-electron chi connectivity index (χ3n) is 4.77. The number of hydrogen-bond donors (Lipinski definition) is 2. The Morgan fingerprint density at radius 2 is 2.24 bits per heavy atom. The van der Waals surface area contributed by atoms with E-state index in [9.17, 15) is 4.79 Å². The third-order valence-corrected chi connectivity index (χ3v) is 4.77. The molecule has 8 nitrogen and oxygen atoms in total. The Morgan fingerprint density at radius 1 is 1.44 bits per heavy atom. The van der Waals surface area contributed by atoms with Gasteiger partial charge in [0, 0.05) is 52.9 Å². The highest BCUT2D eigenvalue weighted by Gasteiger charge is 2.31. The lowest BCUT2D eigenvalue weighted by atomic mass is 9.95. The molecule has 0 spiro atoms. The maximum Gasteiger partial charge on any atom is 0.220 e. The molecule has 1 amide bonds. The van der Waals surface area contributed by atoms with Crippen molar-refractivity contribution in [2.45, 2.75) is 44.9 Å². The second-order valence-electron chi connectivity index (χ2n) is 6.65. The van der Waals surface area contributed by atoms with E-state index in [0.29, 0.717) is 13.0 Å². The van der Waals surface area contributed by atoms with Crippen LogP contribution in [0.4, 0.5) is 5.95 Å². The summed E-state index contributed by atoms with van der Waals surface area (Å²) in [6.07, 6.45) is 5.04. The van der Waals surface area contributed by atoms with Gasteiger partial charge in [-0.25, -0.2) is 4.98 Å². The molecule has 1 aliphatic rings. The van der Waals surface area contributed by atoms with Gasteiger partial charge >= 0.3 is 0 Å². The third kappa shape index (κ3) is 3.53. The van der Waals surface area contributed by atoms with E-state index in [2.05, 4.69) is 32.2 Å². The van der Waals surface area contributed by atoms with Gasteiger partial charge in [0.15, 0.2) is 0 Å². The van der Waals surface area contributed by atoms with Crippen molar-refractivity contribution in [1.29, 1.82) is 0 Å². The molecular weight excluding hydrogens is 318 g/mol. The van der Waals surface area contributed by atoms with E-state index in [-0.39, 0.29) is 18.0 Å². The summed E-state index contributed by atoms with van der Waals surface area (Å²) >= 11 is 0. The highest BCUT2D eigenvalue weighted by molar-refractivity contribution is 5.77. The molecule has 3 heterocycles. The van der Waals surface area contributed by atoms with Crippen LogP contribution in [0.25, 0.3) is 0 Å². The Morgan fingerprint density at radius 3 is 2.92 bits per heavy atom. The predicted molar refractivity (Wildman–Crippen MR) is 96.2 cm³/mol. The number of aryl methyl sites for hydroxylation is 1. The molecule has 2 unspecified atom stereocenters. The van der Waals surface area contributed by atoms with Gasteiger partial charge < -0.3 is 20.1 Å². The van der Waals surface area contributed by atoms with E-state index in [1.54, 1.807) is 6.20 Å². The van der Waals surface area contributed by atoms with Gasteiger partial charge in [-0.3, -0.25) is 9.48 Å². The van der Waals surface area contributed by atoms with Crippen molar-refractivity contribution in [2.24, 2.45) is 7.05 Å². The van der Waals surface area contributed by atoms with Crippen LogP contribution >= 0.6 is 0 Å². The molecule has 1 aliphatic heterocycles. The van der Waals surface area contributed by atoms with Crippen LogP contribution in [0.3, 0.4) is 0 Å². The van der Waals surface area contributed by atoms with Crippen molar-refractivity contribution in [3.05, 3.63) is 29.8 Å². The molecule has 25 heavy (non-hydrogen) atoms. The van der Waals surface area contributed by atoms with Crippen LogP contribution in [0.15, 0.2) is 18.5 Å². The molecule has 2 atom stereocenters. The summed E-state index contributed by atoms with van der Waals surface area (Å²) in [4.78, 5) is 18.4. The number of aromatic nitrogens is 4. The first kappa shape index (κ1) is 17.5. The van der Waals surface area contributed by atoms with Gasteiger partial charge in [0.2, 0.25) is 11.9 Å². The number of carbonyl (C=O) groups is 1. The molecule has 1 fully saturated rings. The quantitative estimate of drug-likeness (QED) is 0.810. The monoisotopic (exact) mass is 345 g/mol. The molecule has 0 bridgehead atoms. The highest BCUT2D eigenvalue weighted by Crippen LogP contribution is 2.24. The van der Waals surface area contributed by atoms with Gasteiger partial charge in [-0.05, 0) is 19.4 Å². The summed E-state index contributed by atoms with van der Waals surface area (Å²) in [5, 5.41) is 11.1. The first-order valence-electron chi connectivity index (χ1n) is 8.73. The Balaban J connectivity index is 1.74. The predicted octanol–water partition coefficient (Wildman–Crippen LogP) is 0.812. The molecule has 3 rings (SSSR count). The van der Waals surface area contributed by atoms with Crippen LogP contribution in [-0.4, -0.2) is 45.4 Å². The zero-order valence-corrected chi connectivity index (χ0v) is 15.4. The van der Waals surface area contributed by atoms with Crippen LogP contribution in [0, 0.1) is 0 Å². The summed E-state index contributed by atoms with van der Waals surface area (Å²) in [5.74, 6) is 1.02. The molecule has 0 aliphatic carbocycles. The zero-order chi connectivity index (χ0) is 18.0. The number of nitrogens with one attached hydrogen (secondary N) is 2. The van der Waals surface area contributed by atoms with Crippen LogP contribution < -0.4 is 15.5 Å². The number of anilines is 1. The van der Waals surface area contributed by atoms with Crippen molar-refractivity contribution in [3.8, 4) is 0 Å². The minimum absolute atomic E-state index is 0.0646. The van der Waals surface area contributed by atoms with Crippen LogP contribution in [0.2, 0.25) is 0 Å².